The summed E-state index contributed by atoms with van der Waals surface area (Å²) < 4.78 is 12.6. The molecule has 6 nitrogen and oxygen atoms in total. The van der Waals surface area contributed by atoms with Crippen LogP contribution < -0.4 is 15.2 Å². The number of fused-ring (bicyclic) bond motifs is 3. The Labute approximate surface area is 126 Å². The standard InChI is InChI=1S/C16H13N3O3/c1-21-13-9-10(22-7-5-17)8-12-14(13)15(16(18)20)11-4-2-3-6-19(11)12/h2-4,6,8-9H,7H2,1H3,(H2,18,20). The van der Waals surface area contributed by atoms with Gasteiger partial charge in [-0.2, -0.15) is 5.26 Å². The molecule has 2 heterocycles. The maximum absolute atomic E-state index is 11.9. The molecule has 0 aliphatic heterocycles. The summed E-state index contributed by atoms with van der Waals surface area (Å²) in [6, 6.07) is 10.8. The molecule has 1 amide bonds. The molecule has 1 aromatic carbocycles. The van der Waals surface area contributed by atoms with Crippen molar-refractivity contribution in [1.29, 1.82) is 5.26 Å². The number of amides is 1. The molecule has 0 unspecified atom stereocenters. The van der Waals surface area contributed by atoms with Crippen LogP contribution >= 0.6 is 0 Å². The third kappa shape index (κ3) is 2.00. The quantitative estimate of drug-likeness (QED) is 0.798. The highest BCUT2D eigenvalue weighted by Crippen LogP contribution is 2.37. The van der Waals surface area contributed by atoms with Crippen LogP contribution in [0.2, 0.25) is 0 Å². The predicted molar refractivity (Wildman–Crippen MR) is 81.1 cm³/mol. The molecule has 22 heavy (non-hydrogen) atoms. The van der Waals surface area contributed by atoms with E-state index in [4.69, 9.17) is 20.5 Å². The molecule has 0 aliphatic carbocycles. The van der Waals surface area contributed by atoms with Gasteiger partial charge in [-0.05, 0) is 12.1 Å². The van der Waals surface area contributed by atoms with E-state index in [2.05, 4.69) is 0 Å². The molecular weight excluding hydrogens is 282 g/mol. The first-order chi connectivity index (χ1) is 10.7. The molecule has 6 heteroatoms. The Bertz CT molecular complexity index is 922. The van der Waals surface area contributed by atoms with Gasteiger partial charge in [0.2, 0.25) is 0 Å². The first-order valence-corrected chi connectivity index (χ1v) is 6.57. The van der Waals surface area contributed by atoms with E-state index in [0.29, 0.717) is 28.0 Å². The van der Waals surface area contributed by atoms with Crippen molar-refractivity contribution in [2.75, 3.05) is 13.7 Å². The average molecular weight is 295 g/mol. The van der Waals surface area contributed by atoms with E-state index in [-0.39, 0.29) is 6.61 Å². The molecule has 2 aromatic heterocycles. The van der Waals surface area contributed by atoms with Crippen molar-refractivity contribution in [3.63, 3.8) is 0 Å². The number of carbonyl (C=O) groups is 1. The SMILES string of the molecule is COc1cc(OCC#N)cc2c1c(C(N)=O)c1ccccn12. The van der Waals surface area contributed by atoms with E-state index in [1.54, 1.807) is 12.1 Å². The topological polar surface area (TPSA) is 89.8 Å². The summed E-state index contributed by atoms with van der Waals surface area (Å²) in [7, 11) is 1.51. The van der Waals surface area contributed by atoms with Crippen LogP contribution in [0.4, 0.5) is 0 Å². The van der Waals surface area contributed by atoms with Gasteiger partial charge in [-0.3, -0.25) is 4.79 Å². The Morgan fingerprint density at radius 3 is 2.86 bits per heavy atom. The molecule has 0 saturated heterocycles. The van der Waals surface area contributed by atoms with Gasteiger partial charge < -0.3 is 19.6 Å². The van der Waals surface area contributed by atoms with Gasteiger partial charge in [0.05, 0.1) is 29.1 Å². The highest BCUT2D eigenvalue weighted by Gasteiger charge is 2.20. The van der Waals surface area contributed by atoms with Crippen LogP contribution in [-0.2, 0) is 0 Å². The number of carbonyl (C=O) groups excluding carboxylic acids is 1. The summed E-state index contributed by atoms with van der Waals surface area (Å²) in [6.45, 7) is -0.0688. The van der Waals surface area contributed by atoms with Crippen molar-refractivity contribution >= 4 is 22.3 Å². The van der Waals surface area contributed by atoms with E-state index in [1.165, 1.54) is 7.11 Å². The van der Waals surface area contributed by atoms with Gasteiger partial charge in [0, 0.05) is 18.3 Å². The van der Waals surface area contributed by atoms with Gasteiger partial charge in [0.1, 0.15) is 17.6 Å². The Hall–Kier alpha value is -3.20. The number of hydrogen-bond acceptors (Lipinski definition) is 4. The maximum Gasteiger partial charge on any atom is 0.251 e. The number of benzene rings is 1. The maximum atomic E-state index is 11.9. The summed E-state index contributed by atoms with van der Waals surface area (Å²) in [5.41, 5.74) is 7.38. The number of nitrogens with zero attached hydrogens (tertiary/aromatic N) is 2. The van der Waals surface area contributed by atoms with Gasteiger partial charge in [-0.25, -0.2) is 0 Å². The first kappa shape index (κ1) is 13.8. The second-order valence-electron chi connectivity index (χ2n) is 4.66. The van der Waals surface area contributed by atoms with Crippen LogP contribution in [0.5, 0.6) is 11.5 Å². The third-order valence-electron chi connectivity index (χ3n) is 3.45. The lowest BCUT2D eigenvalue weighted by molar-refractivity contribution is 0.100. The Morgan fingerprint density at radius 2 is 2.18 bits per heavy atom. The van der Waals surface area contributed by atoms with Crippen molar-refractivity contribution in [1.82, 2.24) is 4.40 Å². The van der Waals surface area contributed by atoms with Gasteiger partial charge in [0.15, 0.2) is 6.61 Å². The van der Waals surface area contributed by atoms with Crippen molar-refractivity contribution in [3.8, 4) is 17.6 Å². The molecule has 0 radical (unpaired) electrons. The van der Waals surface area contributed by atoms with Gasteiger partial charge in [0.25, 0.3) is 5.91 Å². The molecule has 0 spiro atoms. The number of ether oxygens (including phenoxy) is 2. The minimum atomic E-state index is -0.525. The minimum Gasteiger partial charge on any atom is -0.496 e. The molecule has 2 N–H and O–H groups in total. The highest BCUT2D eigenvalue weighted by atomic mass is 16.5. The minimum absolute atomic E-state index is 0.0688. The fourth-order valence-corrected chi connectivity index (χ4v) is 2.61. The van der Waals surface area contributed by atoms with E-state index in [0.717, 1.165) is 5.52 Å². The number of nitriles is 1. The van der Waals surface area contributed by atoms with E-state index < -0.39 is 5.91 Å². The first-order valence-electron chi connectivity index (χ1n) is 6.57. The zero-order valence-electron chi connectivity index (χ0n) is 11.9. The molecule has 110 valence electrons. The third-order valence-corrected chi connectivity index (χ3v) is 3.45. The molecule has 0 fully saturated rings. The number of primary amides is 1. The zero-order chi connectivity index (χ0) is 15.7. The lowest BCUT2D eigenvalue weighted by Crippen LogP contribution is -2.11. The van der Waals surface area contributed by atoms with Crippen LogP contribution in [-0.4, -0.2) is 24.0 Å². The predicted octanol–water partition coefficient (Wildman–Crippen LogP) is 2.10. The second kappa shape index (κ2) is 5.30. The summed E-state index contributed by atoms with van der Waals surface area (Å²) in [6.07, 6.45) is 1.83. The molecule has 0 saturated carbocycles. The zero-order valence-corrected chi connectivity index (χ0v) is 11.9. The molecule has 3 rings (SSSR count). The van der Waals surface area contributed by atoms with Gasteiger partial charge >= 0.3 is 0 Å². The smallest absolute Gasteiger partial charge is 0.251 e. The number of rotatable bonds is 4. The van der Waals surface area contributed by atoms with Gasteiger partial charge in [-0.1, -0.05) is 6.07 Å². The van der Waals surface area contributed by atoms with Crippen molar-refractivity contribution < 1.29 is 14.3 Å². The van der Waals surface area contributed by atoms with E-state index >= 15 is 0 Å². The fraction of sp³-hybridized carbons (Fsp3) is 0.125. The monoisotopic (exact) mass is 295 g/mol. The van der Waals surface area contributed by atoms with Crippen LogP contribution in [0.3, 0.4) is 0 Å². The molecule has 0 aliphatic rings. The number of aromatic nitrogens is 1. The number of nitrogens with two attached hydrogens (primary N) is 1. The summed E-state index contributed by atoms with van der Waals surface area (Å²) in [5, 5.41) is 9.27. The van der Waals surface area contributed by atoms with Crippen molar-refractivity contribution in [3.05, 3.63) is 42.1 Å². The summed E-state index contributed by atoms with van der Waals surface area (Å²) in [4.78, 5) is 11.9. The van der Waals surface area contributed by atoms with Crippen LogP contribution in [0.15, 0.2) is 36.5 Å². The molecule has 3 aromatic rings. The lowest BCUT2D eigenvalue weighted by atomic mass is 10.1. The Morgan fingerprint density at radius 1 is 1.36 bits per heavy atom. The Kier molecular flexibility index (Phi) is 3.31. The highest BCUT2D eigenvalue weighted by molar-refractivity contribution is 6.15. The van der Waals surface area contributed by atoms with E-state index in [9.17, 15) is 4.79 Å². The second-order valence-corrected chi connectivity index (χ2v) is 4.66. The number of pyridine rings is 1. The van der Waals surface area contributed by atoms with Crippen molar-refractivity contribution in [2.45, 2.75) is 0 Å². The molecular formula is C16H13N3O3. The van der Waals surface area contributed by atoms with E-state index in [1.807, 2.05) is 34.9 Å². The largest absolute Gasteiger partial charge is 0.496 e. The summed E-state index contributed by atoms with van der Waals surface area (Å²) >= 11 is 0. The normalized spacial score (nSPS) is 10.5. The van der Waals surface area contributed by atoms with Crippen LogP contribution in [0, 0.1) is 11.3 Å². The summed E-state index contributed by atoms with van der Waals surface area (Å²) in [5.74, 6) is 0.441. The molecule has 0 bridgehead atoms. The average Bonchev–Trinajstić information content (AvgIpc) is 2.87. The molecule has 0 atom stereocenters. The van der Waals surface area contributed by atoms with Crippen LogP contribution in [0.1, 0.15) is 10.4 Å². The fourth-order valence-electron chi connectivity index (χ4n) is 2.61. The van der Waals surface area contributed by atoms with Gasteiger partial charge in [-0.15, -0.1) is 0 Å². The lowest BCUT2D eigenvalue weighted by Gasteiger charge is -2.08. The Balaban J connectivity index is 2.42. The van der Waals surface area contributed by atoms with Crippen molar-refractivity contribution in [2.24, 2.45) is 5.73 Å². The number of hydrogen-bond donors (Lipinski definition) is 1. The van der Waals surface area contributed by atoms with Crippen LogP contribution in [0.25, 0.3) is 16.4 Å². The number of methoxy groups -OCH3 is 1.